The molecule has 0 spiro atoms. The predicted molar refractivity (Wildman–Crippen MR) is 89.9 cm³/mol. The van der Waals surface area contributed by atoms with Crippen LogP contribution in [-0.4, -0.2) is 61.0 Å². The zero-order valence-electron chi connectivity index (χ0n) is 14.2. The summed E-state index contributed by atoms with van der Waals surface area (Å²) >= 11 is 0. The Morgan fingerprint density at radius 3 is 2.22 bits per heavy atom. The van der Waals surface area contributed by atoms with Crippen molar-refractivity contribution in [2.75, 3.05) is 39.3 Å². The molecular weight excluding hydrogens is 292 g/mol. The van der Waals surface area contributed by atoms with Crippen molar-refractivity contribution in [2.24, 2.45) is 0 Å². The van der Waals surface area contributed by atoms with E-state index in [0.717, 1.165) is 5.56 Å². The minimum Gasteiger partial charge on any atom is -0.450 e. The summed E-state index contributed by atoms with van der Waals surface area (Å²) < 4.78 is 5.00. The maximum Gasteiger partial charge on any atom is 0.409 e. The van der Waals surface area contributed by atoms with Crippen molar-refractivity contribution in [2.45, 2.75) is 26.7 Å². The molecule has 1 aromatic carbocycles. The molecule has 1 saturated heterocycles. The van der Waals surface area contributed by atoms with Gasteiger partial charge >= 0.3 is 6.09 Å². The number of ketones is 1. The van der Waals surface area contributed by atoms with E-state index in [0.29, 0.717) is 45.2 Å². The van der Waals surface area contributed by atoms with Crippen molar-refractivity contribution in [3.05, 3.63) is 35.4 Å². The first-order valence-electron chi connectivity index (χ1n) is 8.28. The van der Waals surface area contributed by atoms with E-state index < -0.39 is 0 Å². The van der Waals surface area contributed by atoms with Gasteiger partial charge in [-0.2, -0.15) is 0 Å². The molecule has 1 aliphatic rings. The SMILES string of the molecule is CCOC(=O)N1CCN(CC(=O)c2ccc(C(C)C)cc2)CC1. The fraction of sp³-hybridized carbons (Fsp3) is 0.556. The molecule has 2 rings (SSSR count). The molecule has 1 heterocycles. The normalized spacial score (nSPS) is 15.7. The minimum atomic E-state index is -0.261. The van der Waals surface area contributed by atoms with Crippen molar-refractivity contribution in [1.82, 2.24) is 9.80 Å². The average molecular weight is 318 g/mol. The zero-order chi connectivity index (χ0) is 16.8. The molecule has 0 aromatic heterocycles. The molecule has 1 aliphatic heterocycles. The first-order valence-corrected chi connectivity index (χ1v) is 8.28. The molecule has 1 amide bonds. The molecule has 5 heteroatoms. The van der Waals surface area contributed by atoms with Crippen LogP contribution in [0.15, 0.2) is 24.3 Å². The lowest BCUT2D eigenvalue weighted by Gasteiger charge is -2.33. The van der Waals surface area contributed by atoms with Crippen LogP contribution < -0.4 is 0 Å². The summed E-state index contributed by atoms with van der Waals surface area (Å²) in [6.07, 6.45) is -0.261. The van der Waals surface area contributed by atoms with Crippen molar-refractivity contribution in [1.29, 1.82) is 0 Å². The van der Waals surface area contributed by atoms with Crippen molar-refractivity contribution in [3.63, 3.8) is 0 Å². The zero-order valence-corrected chi connectivity index (χ0v) is 14.2. The number of carbonyl (C=O) groups excluding carboxylic acids is 2. The van der Waals surface area contributed by atoms with Gasteiger partial charge in [0.1, 0.15) is 0 Å². The van der Waals surface area contributed by atoms with Crippen LogP contribution in [-0.2, 0) is 4.74 Å². The van der Waals surface area contributed by atoms with Crippen LogP contribution in [0.25, 0.3) is 0 Å². The molecule has 1 aromatic rings. The number of ether oxygens (including phenoxy) is 1. The first-order chi connectivity index (χ1) is 11.0. The Kier molecular flexibility index (Phi) is 6.16. The van der Waals surface area contributed by atoms with Gasteiger partial charge in [0.15, 0.2) is 5.78 Å². The molecule has 0 aliphatic carbocycles. The molecule has 0 saturated carbocycles. The minimum absolute atomic E-state index is 0.130. The third-order valence-electron chi connectivity index (χ3n) is 4.16. The lowest BCUT2D eigenvalue weighted by Crippen LogP contribution is -2.50. The van der Waals surface area contributed by atoms with Crippen LogP contribution in [0.1, 0.15) is 42.6 Å². The van der Waals surface area contributed by atoms with Gasteiger partial charge in [-0.3, -0.25) is 9.69 Å². The first kappa shape index (κ1) is 17.5. The molecule has 0 N–H and O–H groups in total. The molecule has 5 nitrogen and oxygen atoms in total. The highest BCUT2D eigenvalue weighted by Crippen LogP contribution is 2.15. The van der Waals surface area contributed by atoms with Crippen LogP contribution in [0.2, 0.25) is 0 Å². The average Bonchev–Trinajstić information content (AvgIpc) is 2.55. The summed E-state index contributed by atoms with van der Waals surface area (Å²) in [7, 11) is 0. The standard InChI is InChI=1S/C18H26N2O3/c1-4-23-18(22)20-11-9-19(10-12-20)13-17(21)16-7-5-15(6-8-16)14(2)3/h5-8,14H,4,9-13H2,1-3H3. The molecule has 126 valence electrons. The van der Waals surface area contributed by atoms with E-state index >= 15 is 0 Å². The number of hydrogen-bond acceptors (Lipinski definition) is 4. The molecule has 23 heavy (non-hydrogen) atoms. The number of carbonyl (C=O) groups is 2. The second-order valence-corrected chi connectivity index (χ2v) is 6.16. The monoisotopic (exact) mass is 318 g/mol. The maximum atomic E-state index is 12.4. The number of rotatable bonds is 5. The van der Waals surface area contributed by atoms with Gasteiger partial charge in [-0.1, -0.05) is 38.1 Å². The Morgan fingerprint density at radius 1 is 1.09 bits per heavy atom. The number of hydrogen-bond donors (Lipinski definition) is 0. The summed E-state index contributed by atoms with van der Waals surface area (Å²) in [4.78, 5) is 27.8. The predicted octanol–water partition coefficient (Wildman–Crippen LogP) is 2.77. The highest BCUT2D eigenvalue weighted by molar-refractivity contribution is 5.97. The van der Waals surface area contributed by atoms with E-state index in [9.17, 15) is 9.59 Å². The highest BCUT2D eigenvalue weighted by atomic mass is 16.6. The van der Waals surface area contributed by atoms with E-state index in [-0.39, 0.29) is 11.9 Å². The number of Topliss-reactive ketones (excluding diaryl/α,β-unsaturated/α-hetero) is 1. The second-order valence-electron chi connectivity index (χ2n) is 6.16. The molecular formula is C18H26N2O3. The van der Waals surface area contributed by atoms with Crippen LogP contribution in [0, 0.1) is 0 Å². The summed E-state index contributed by atoms with van der Waals surface area (Å²) in [6.45, 7) is 9.50. The van der Waals surface area contributed by atoms with Gasteiger partial charge in [0, 0.05) is 31.7 Å². The lowest BCUT2D eigenvalue weighted by atomic mass is 10.0. The molecule has 0 radical (unpaired) electrons. The molecule has 0 unspecified atom stereocenters. The van der Waals surface area contributed by atoms with Crippen molar-refractivity contribution < 1.29 is 14.3 Å². The van der Waals surface area contributed by atoms with E-state index in [4.69, 9.17) is 4.74 Å². The molecule has 0 bridgehead atoms. The van der Waals surface area contributed by atoms with Gasteiger partial charge in [-0.05, 0) is 18.4 Å². The van der Waals surface area contributed by atoms with Crippen molar-refractivity contribution >= 4 is 11.9 Å². The highest BCUT2D eigenvalue weighted by Gasteiger charge is 2.23. The fourth-order valence-electron chi connectivity index (χ4n) is 2.65. The van der Waals surface area contributed by atoms with Gasteiger partial charge in [0.25, 0.3) is 0 Å². The van der Waals surface area contributed by atoms with E-state index in [1.54, 1.807) is 11.8 Å². The summed E-state index contributed by atoms with van der Waals surface area (Å²) in [5, 5.41) is 0. The van der Waals surface area contributed by atoms with Crippen LogP contribution in [0.3, 0.4) is 0 Å². The third kappa shape index (κ3) is 4.79. The van der Waals surface area contributed by atoms with Gasteiger partial charge in [0.2, 0.25) is 0 Å². The largest absolute Gasteiger partial charge is 0.450 e. The van der Waals surface area contributed by atoms with E-state index in [1.165, 1.54) is 5.56 Å². The number of amides is 1. The Balaban J connectivity index is 1.84. The van der Waals surface area contributed by atoms with Gasteiger partial charge in [-0.25, -0.2) is 4.79 Å². The van der Waals surface area contributed by atoms with E-state index in [2.05, 4.69) is 18.7 Å². The quantitative estimate of drug-likeness (QED) is 0.783. The van der Waals surface area contributed by atoms with Gasteiger partial charge in [0.05, 0.1) is 13.2 Å². The van der Waals surface area contributed by atoms with Gasteiger partial charge < -0.3 is 9.64 Å². The Morgan fingerprint density at radius 2 is 1.70 bits per heavy atom. The Hall–Kier alpha value is -1.88. The summed E-state index contributed by atoms with van der Waals surface area (Å²) in [5.41, 5.74) is 1.99. The molecule has 1 fully saturated rings. The third-order valence-corrected chi connectivity index (χ3v) is 4.16. The lowest BCUT2D eigenvalue weighted by molar-refractivity contribution is 0.0733. The van der Waals surface area contributed by atoms with Crippen LogP contribution >= 0.6 is 0 Å². The van der Waals surface area contributed by atoms with E-state index in [1.807, 2.05) is 24.3 Å². The smallest absolute Gasteiger partial charge is 0.409 e. The summed E-state index contributed by atoms with van der Waals surface area (Å²) in [5.74, 6) is 0.597. The molecule has 0 atom stereocenters. The Labute approximate surface area is 138 Å². The van der Waals surface area contributed by atoms with Gasteiger partial charge in [-0.15, -0.1) is 0 Å². The van der Waals surface area contributed by atoms with Crippen LogP contribution in [0.4, 0.5) is 4.79 Å². The van der Waals surface area contributed by atoms with Crippen LogP contribution in [0.5, 0.6) is 0 Å². The number of nitrogens with zero attached hydrogens (tertiary/aromatic N) is 2. The fourth-order valence-corrected chi connectivity index (χ4v) is 2.65. The number of piperazine rings is 1. The summed E-state index contributed by atoms with van der Waals surface area (Å²) in [6, 6.07) is 7.87. The second kappa shape index (κ2) is 8.11. The topological polar surface area (TPSA) is 49.9 Å². The maximum absolute atomic E-state index is 12.4. The number of benzene rings is 1. The van der Waals surface area contributed by atoms with Crippen molar-refractivity contribution in [3.8, 4) is 0 Å². The Bertz CT molecular complexity index is 532.